The molecule has 5 rings (SSSR count). The summed E-state index contributed by atoms with van der Waals surface area (Å²) in [5.74, 6) is 0.929. The number of piperazine rings is 1. The van der Waals surface area contributed by atoms with Crippen LogP contribution in [0.3, 0.4) is 0 Å². The largest absolute Gasteiger partial charge is 0.368 e. The average Bonchev–Trinajstić information content (AvgIpc) is 3.22. The van der Waals surface area contributed by atoms with Gasteiger partial charge in [-0.25, -0.2) is 4.99 Å². The van der Waals surface area contributed by atoms with Crippen LogP contribution in [0, 0.1) is 31.1 Å². The third-order valence-electron chi connectivity index (χ3n) is 8.44. The van der Waals surface area contributed by atoms with Crippen LogP contribution >= 0.6 is 11.8 Å². The van der Waals surface area contributed by atoms with Crippen molar-refractivity contribution < 1.29 is 9.59 Å². The maximum absolute atomic E-state index is 13.0. The van der Waals surface area contributed by atoms with Gasteiger partial charge in [-0.15, -0.1) is 0 Å². The first-order valence-electron chi connectivity index (χ1n) is 13.3. The highest BCUT2D eigenvalue weighted by Gasteiger charge is 2.43. The van der Waals surface area contributed by atoms with Gasteiger partial charge in [0.15, 0.2) is 0 Å². The van der Waals surface area contributed by atoms with Gasteiger partial charge in [0.1, 0.15) is 11.8 Å². The summed E-state index contributed by atoms with van der Waals surface area (Å²) in [5.41, 5.74) is 5.39. The molecule has 1 fully saturated rings. The van der Waals surface area contributed by atoms with Crippen molar-refractivity contribution in [3.8, 4) is 0 Å². The minimum absolute atomic E-state index is 0.0868. The number of anilines is 1. The highest BCUT2D eigenvalue weighted by Crippen LogP contribution is 2.52. The van der Waals surface area contributed by atoms with Crippen LogP contribution in [0.1, 0.15) is 64.0 Å². The molecule has 1 aromatic rings. The summed E-state index contributed by atoms with van der Waals surface area (Å²) in [5, 5.41) is 0.888. The van der Waals surface area contributed by atoms with Gasteiger partial charge in [0.2, 0.25) is 5.91 Å². The van der Waals surface area contributed by atoms with Crippen molar-refractivity contribution in [3.05, 3.63) is 39.8 Å². The fourth-order valence-electron chi connectivity index (χ4n) is 5.86. The van der Waals surface area contributed by atoms with Gasteiger partial charge in [0, 0.05) is 44.7 Å². The van der Waals surface area contributed by atoms with E-state index in [2.05, 4.69) is 62.7 Å². The van der Waals surface area contributed by atoms with Gasteiger partial charge >= 0.3 is 0 Å². The number of aryl methyl sites for hydroxylation is 1. The molecule has 0 radical (unpaired) electrons. The van der Waals surface area contributed by atoms with Crippen LogP contribution in [0.15, 0.2) is 38.7 Å². The summed E-state index contributed by atoms with van der Waals surface area (Å²) in [6.45, 7) is 14.3. The second-order valence-electron chi connectivity index (χ2n) is 11.7. The number of benzene rings is 1. The lowest BCUT2D eigenvalue weighted by Crippen LogP contribution is -2.49. The number of amidine groups is 1. The fraction of sp³-hybridized carbons (Fsp3) is 0.586. The Morgan fingerprint density at radius 1 is 1.11 bits per heavy atom. The molecule has 0 saturated carbocycles. The number of carbonyl (C=O) groups is 2. The Hall–Kier alpha value is -2.41. The molecule has 1 aliphatic carbocycles. The number of allylic oxidation sites excluding steroid dienone is 1. The predicted molar refractivity (Wildman–Crippen MR) is 149 cm³/mol. The Kier molecular flexibility index (Phi) is 6.88. The molecule has 4 aliphatic rings. The first kappa shape index (κ1) is 25.2. The summed E-state index contributed by atoms with van der Waals surface area (Å²) >= 11 is 1.70. The Bertz CT molecular complexity index is 1170. The molecule has 1 saturated heterocycles. The number of hydrogen-bond donors (Lipinski definition) is 0. The van der Waals surface area contributed by atoms with E-state index in [0.29, 0.717) is 24.6 Å². The topological polar surface area (TPSA) is 65.3 Å². The lowest BCUT2D eigenvalue weighted by molar-refractivity contribution is -0.131. The third-order valence-corrected chi connectivity index (χ3v) is 9.65. The zero-order chi connectivity index (χ0) is 25.6. The SMILES string of the molecule is Cc1cccc(N2CCN(C(=O)CCC3=NC(=O)C4C(=N3)SC3=C4CCC(C(C)(C)C)C3)CC2)c1C. The molecule has 7 heteroatoms. The number of thioether (sulfide) groups is 1. The minimum atomic E-state index is -0.261. The molecule has 36 heavy (non-hydrogen) atoms. The molecular weight excluding hydrogens is 468 g/mol. The maximum atomic E-state index is 13.0. The molecule has 0 bridgehead atoms. The van der Waals surface area contributed by atoms with Crippen molar-refractivity contribution in [1.82, 2.24) is 4.90 Å². The molecule has 3 heterocycles. The Morgan fingerprint density at radius 3 is 2.58 bits per heavy atom. The quantitative estimate of drug-likeness (QED) is 0.538. The number of nitrogens with zero attached hydrogens (tertiary/aromatic N) is 4. The van der Waals surface area contributed by atoms with Gasteiger partial charge in [-0.2, -0.15) is 4.99 Å². The van der Waals surface area contributed by atoms with Gasteiger partial charge in [0.25, 0.3) is 5.91 Å². The van der Waals surface area contributed by atoms with Gasteiger partial charge in [0.05, 0.1) is 5.04 Å². The van der Waals surface area contributed by atoms with E-state index in [1.54, 1.807) is 11.8 Å². The number of amides is 2. The normalized spacial score (nSPS) is 24.4. The number of carbonyl (C=O) groups excluding carboxylic acids is 2. The first-order chi connectivity index (χ1) is 17.1. The summed E-state index contributed by atoms with van der Waals surface area (Å²) < 4.78 is 0. The third kappa shape index (κ3) is 4.91. The first-order valence-corrected chi connectivity index (χ1v) is 14.1. The van der Waals surface area contributed by atoms with E-state index in [4.69, 9.17) is 4.99 Å². The molecule has 0 N–H and O–H groups in total. The Morgan fingerprint density at radius 2 is 1.86 bits per heavy atom. The van der Waals surface area contributed by atoms with Crippen molar-refractivity contribution in [2.24, 2.45) is 27.2 Å². The lowest BCUT2D eigenvalue weighted by Gasteiger charge is -2.37. The smallest absolute Gasteiger partial charge is 0.261 e. The van der Waals surface area contributed by atoms with Crippen molar-refractivity contribution in [1.29, 1.82) is 0 Å². The van der Waals surface area contributed by atoms with E-state index < -0.39 is 0 Å². The van der Waals surface area contributed by atoms with Crippen LogP contribution in [0.4, 0.5) is 5.69 Å². The predicted octanol–water partition coefficient (Wildman–Crippen LogP) is 5.53. The van der Waals surface area contributed by atoms with Crippen molar-refractivity contribution in [2.45, 2.75) is 66.7 Å². The van der Waals surface area contributed by atoms with Gasteiger partial charge in [-0.05, 0) is 72.1 Å². The molecule has 2 atom stereocenters. The van der Waals surface area contributed by atoms with Gasteiger partial charge in [-0.3, -0.25) is 9.59 Å². The highest BCUT2D eigenvalue weighted by molar-refractivity contribution is 8.17. The molecule has 192 valence electrons. The van der Waals surface area contributed by atoms with E-state index in [1.807, 2.05) is 4.90 Å². The number of rotatable bonds is 4. The number of aliphatic imine (C=N–C) groups is 2. The minimum Gasteiger partial charge on any atom is -0.368 e. The molecule has 2 unspecified atom stereocenters. The summed E-state index contributed by atoms with van der Waals surface area (Å²) in [4.78, 5) is 40.7. The zero-order valence-corrected chi connectivity index (χ0v) is 23.1. The molecule has 0 aromatic heterocycles. The Labute approximate surface area is 219 Å². The molecule has 3 aliphatic heterocycles. The second-order valence-corrected chi connectivity index (χ2v) is 12.8. The average molecular weight is 507 g/mol. The highest BCUT2D eigenvalue weighted by atomic mass is 32.2. The van der Waals surface area contributed by atoms with E-state index in [1.165, 1.54) is 27.3 Å². The van der Waals surface area contributed by atoms with Gasteiger partial charge in [-0.1, -0.05) is 44.7 Å². The van der Waals surface area contributed by atoms with Crippen molar-refractivity contribution in [2.75, 3.05) is 31.1 Å². The van der Waals surface area contributed by atoms with E-state index >= 15 is 0 Å². The zero-order valence-electron chi connectivity index (χ0n) is 22.3. The van der Waals surface area contributed by atoms with Gasteiger partial charge < -0.3 is 9.80 Å². The van der Waals surface area contributed by atoms with E-state index in [-0.39, 0.29) is 23.1 Å². The Balaban J connectivity index is 1.15. The molecular formula is C29H38N4O2S. The van der Waals surface area contributed by atoms with Crippen LogP contribution in [-0.2, 0) is 9.59 Å². The molecule has 0 spiro atoms. The molecule has 6 nitrogen and oxygen atoms in total. The molecule has 1 aromatic carbocycles. The van der Waals surface area contributed by atoms with Crippen LogP contribution in [0.25, 0.3) is 0 Å². The van der Waals surface area contributed by atoms with Crippen LogP contribution in [0.5, 0.6) is 0 Å². The lowest BCUT2D eigenvalue weighted by atomic mass is 9.71. The van der Waals surface area contributed by atoms with Crippen LogP contribution in [0.2, 0.25) is 0 Å². The monoisotopic (exact) mass is 506 g/mol. The summed E-state index contributed by atoms with van der Waals surface area (Å²) in [6.07, 6.45) is 3.90. The van der Waals surface area contributed by atoms with Crippen molar-refractivity contribution >= 4 is 40.1 Å². The number of fused-ring (bicyclic) bond motifs is 2. The maximum Gasteiger partial charge on any atom is 0.261 e. The second kappa shape index (κ2) is 9.81. The van der Waals surface area contributed by atoms with E-state index in [9.17, 15) is 9.59 Å². The van der Waals surface area contributed by atoms with Crippen molar-refractivity contribution in [3.63, 3.8) is 0 Å². The fourth-order valence-corrected chi connectivity index (χ4v) is 7.26. The standard InChI is InChI=1S/C29H38N4O2S/c1-18-7-6-8-22(19(18)2)32-13-15-33(16-14-32)25(34)12-11-24-30-27(35)26-21-10-9-20(29(3,4)5)17-23(21)36-28(26)31-24/h6-8,20,26H,9-17H2,1-5H3. The number of hydrogen-bond acceptors (Lipinski definition) is 5. The van der Waals surface area contributed by atoms with Crippen LogP contribution in [-0.4, -0.2) is 53.8 Å². The summed E-state index contributed by atoms with van der Waals surface area (Å²) in [6, 6.07) is 6.41. The summed E-state index contributed by atoms with van der Waals surface area (Å²) in [7, 11) is 0. The van der Waals surface area contributed by atoms with Crippen LogP contribution < -0.4 is 4.90 Å². The molecule has 2 amide bonds. The van der Waals surface area contributed by atoms with E-state index in [0.717, 1.165) is 50.5 Å².